The van der Waals surface area contributed by atoms with Crippen LogP contribution in [0.3, 0.4) is 0 Å². The van der Waals surface area contributed by atoms with E-state index in [1.54, 1.807) is 28.6 Å². The van der Waals surface area contributed by atoms with Crippen molar-refractivity contribution in [3.63, 3.8) is 0 Å². The van der Waals surface area contributed by atoms with Crippen molar-refractivity contribution in [2.24, 2.45) is 0 Å². The maximum Gasteiger partial charge on any atom is 0.243 e. The molecule has 7 heteroatoms. The van der Waals surface area contributed by atoms with E-state index >= 15 is 0 Å². The molecular formula is C23H29N3O3S. The highest BCUT2D eigenvalue weighted by molar-refractivity contribution is 7.89. The van der Waals surface area contributed by atoms with E-state index in [1.807, 2.05) is 13.8 Å². The molecule has 3 aromatic rings. The fourth-order valence-corrected chi connectivity index (χ4v) is 5.31. The van der Waals surface area contributed by atoms with Crippen LogP contribution >= 0.6 is 0 Å². The van der Waals surface area contributed by atoms with Crippen molar-refractivity contribution in [1.82, 2.24) is 13.8 Å². The Balaban J connectivity index is 1.33. The zero-order valence-corrected chi connectivity index (χ0v) is 18.4. The monoisotopic (exact) mass is 427 g/mol. The SMILES string of the molecule is CC(C)Oc1ccc(S(=O)(=O)N2CCN(CCn3ccc4ccccc43)CC2)cc1. The van der Waals surface area contributed by atoms with Crippen molar-refractivity contribution in [3.8, 4) is 5.75 Å². The van der Waals surface area contributed by atoms with Gasteiger partial charge in [0.1, 0.15) is 5.75 Å². The average Bonchev–Trinajstić information content (AvgIpc) is 3.16. The Bertz CT molecular complexity index is 1080. The molecule has 1 aliphatic heterocycles. The second-order valence-corrected chi connectivity index (χ2v) is 9.89. The van der Waals surface area contributed by atoms with Crippen molar-refractivity contribution in [2.45, 2.75) is 31.4 Å². The lowest BCUT2D eigenvalue weighted by Crippen LogP contribution is -2.49. The third-order valence-electron chi connectivity index (χ3n) is 5.50. The molecule has 0 atom stereocenters. The van der Waals surface area contributed by atoms with Crippen LogP contribution in [0.5, 0.6) is 5.75 Å². The lowest BCUT2D eigenvalue weighted by molar-refractivity contribution is 0.183. The predicted octanol–water partition coefficient (Wildman–Crippen LogP) is 3.44. The van der Waals surface area contributed by atoms with Gasteiger partial charge < -0.3 is 9.30 Å². The van der Waals surface area contributed by atoms with Gasteiger partial charge in [0.05, 0.1) is 11.0 Å². The molecule has 0 saturated carbocycles. The smallest absolute Gasteiger partial charge is 0.243 e. The summed E-state index contributed by atoms with van der Waals surface area (Å²) in [5.41, 5.74) is 1.24. The minimum Gasteiger partial charge on any atom is -0.491 e. The number of benzene rings is 2. The first-order valence-electron chi connectivity index (χ1n) is 10.5. The first kappa shape index (κ1) is 20.9. The third kappa shape index (κ3) is 4.53. The van der Waals surface area contributed by atoms with Crippen molar-refractivity contribution in [1.29, 1.82) is 0 Å². The molecule has 1 aliphatic rings. The summed E-state index contributed by atoms with van der Waals surface area (Å²) in [7, 11) is -3.47. The summed E-state index contributed by atoms with van der Waals surface area (Å²) in [6.07, 6.45) is 2.18. The quantitative estimate of drug-likeness (QED) is 0.580. The van der Waals surface area contributed by atoms with Gasteiger partial charge in [-0.1, -0.05) is 18.2 Å². The Morgan fingerprint density at radius 3 is 2.30 bits per heavy atom. The van der Waals surface area contributed by atoms with Crippen molar-refractivity contribution in [3.05, 3.63) is 60.8 Å². The van der Waals surface area contributed by atoms with Gasteiger partial charge in [-0.25, -0.2) is 8.42 Å². The standard InChI is InChI=1S/C23H29N3O3S/c1-19(2)29-21-7-9-22(10-8-21)30(27,28)26-17-14-24(15-18-26)13-16-25-12-11-20-5-3-4-6-23(20)25/h3-12,19H,13-18H2,1-2H3. The normalized spacial score (nSPS) is 16.4. The van der Waals surface area contributed by atoms with E-state index in [1.165, 1.54) is 10.9 Å². The number of para-hydroxylation sites is 1. The number of sulfonamides is 1. The lowest BCUT2D eigenvalue weighted by atomic mass is 10.2. The summed E-state index contributed by atoms with van der Waals surface area (Å²) in [6, 6.07) is 17.2. The number of fused-ring (bicyclic) bond motifs is 1. The molecule has 0 spiro atoms. The molecule has 1 fully saturated rings. The summed E-state index contributed by atoms with van der Waals surface area (Å²) >= 11 is 0. The number of aromatic nitrogens is 1. The molecule has 0 aliphatic carbocycles. The number of nitrogens with zero attached hydrogens (tertiary/aromatic N) is 3. The maximum atomic E-state index is 13.0. The minimum atomic E-state index is -3.47. The van der Waals surface area contributed by atoms with Crippen LogP contribution in [0.4, 0.5) is 0 Å². The Morgan fingerprint density at radius 2 is 1.60 bits per heavy atom. The summed E-state index contributed by atoms with van der Waals surface area (Å²) in [4.78, 5) is 2.66. The molecule has 0 amide bonds. The molecule has 2 aromatic carbocycles. The van der Waals surface area contributed by atoms with E-state index < -0.39 is 10.0 Å². The van der Waals surface area contributed by atoms with Crippen LogP contribution in [0.15, 0.2) is 65.7 Å². The molecule has 30 heavy (non-hydrogen) atoms. The molecule has 4 rings (SSSR count). The number of hydrogen-bond acceptors (Lipinski definition) is 4. The van der Waals surface area contributed by atoms with Crippen molar-refractivity contribution >= 4 is 20.9 Å². The van der Waals surface area contributed by atoms with Crippen molar-refractivity contribution in [2.75, 3.05) is 32.7 Å². The Labute approximate surface area is 178 Å². The third-order valence-corrected chi connectivity index (χ3v) is 7.41. The van der Waals surface area contributed by atoms with Gasteiger partial charge in [-0.2, -0.15) is 4.31 Å². The van der Waals surface area contributed by atoms with Crippen molar-refractivity contribution < 1.29 is 13.2 Å². The molecule has 0 N–H and O–H groups in total. The molecule has 160 valence electrons. The van der Waals surface area contributed by atoms with Gasteiger partial charge in [-0.05, 0) is 55.6 Å². The zero-order valence-electron chi connectivity index (χ0n) is 17.6. The Kier molecular flexibility index (Phi) is 6.13. The van der Waals surface area contributed by atoms with Crippen LogP contribution < -0.4 is 4.74 Å². The molecule has 0 bridgehead atoms. The van der Waals surface area contributed by atoms with E-state index in [-0.39, 0.29) is 6.10 Å². The number of ether oxygens (including phenoxy) is 1. The predicted molar refractivity (Wildman–Crippen MR) is 119 cm³/mol. The van der Waals surface area contributed by atoms with Gasteiger partial charge in [0, 0.05) is 51.0 Å². The van der Waals surface area contributed by atoms with Crippen LogP contribution in [0.25, 0.3) is 10.9 Å². The summed E-state index contributed by atoms with van der Waals surface area (Å²) in [6.45, 7) is 8.22. The van der Waals surface area contributed by atoms with Gasteiger partial charge >= 0.3 is 0 Å². The average molecular weight is 428 g/mol. The fourth-order valence-electron chi connectivity index (χ4n) is 3.89. The Hall–Kier alpha value is -2.35. The number of hydrogen-bond donors (Lipinski definition) is 0. The van der Waals surface area contributed by atoms with E-state index in [0.29, 0.717) is 23.7 Å². The fraction of sp³-hybridized carbons (Fsp3) is 0.391. The molecule has 1 saturated heterocycles. The van der Waals surface area contributed by atoms with E-state index in [0.717, 1.165) is 26.2 Å². The number of piperazine rings is 1. The summed E-state index contributed by atoms with van der Waals surface area (Å²) in [5.74, 6) is 0.686. The zero-order chi connectivity index (χ0) is 21.1. The second kappa shape index (κ2) is 8.79. The topological polar surface area (TPSA) is 54.8 Å². The Morgan fingerprint density at radius 1 is 0.900 bits per heavy atom. The molecular weight excluding hydrogens is 398 g/mol. The van der Waals surface area contributed by atoms with Crippen LogP contribution in [-0.2, 0) is 16.6 Å². The van der Waals surface area contributed by atoms with Crippen LogP contribution in [-0.4, -0.2) is 61.0 Å². The first-order chi connectivity index (χ1) is 14.4. The maximum absolute atomic E-state index is 13.0. The van der Waals surface area contributed by atoms with Gasteiger partial charge in [0.25, 0.3) is 0 Å². The summed E-state index contributed by atoms with van der Waals surface area (Å²) < 4.78 is 35.4. The molecule has 1 aromatic heterocycles. The molecule has 0 radical (unpaired) electrons. The van der Waals surface area contributed by atoms with Gasteiger partial charge in [0.15, 0.2) is 0 Å². The largest absolute Gasteiger partial charge is 0.491 e. The molecule has 6 nitrogen and oxygen atoms in total. The minimum absolute atomic E-state index is 0.0602. The van der Waals surface area contributed by atoms with Gasteiger partial charge in [0.2, 0.25) is 10.0 Å². The number of rotatable bonds is 7. The highest BCUT2D eigenvalue weighted by Gasteiger charge is 2.28. The van der Waals surface area contributed by atoms with E-state index in [4.69, 9.17) is 4.74 Å². The summed E-state index contributed by atoms with van der Waals surface area (Å²) in [5, 5.41) is 1.25. The van der Waals surface area contributed by atoms with Crippen LogP contribution in [0, 0.1) is 0 Å². The highest BCUT2D eigenvalue weighted by Crippen LogP contribution is 2.22. The van der Waals surface area contributed by atoms with E-state index in [2.05, 4.69) is 46.0 Å². The van der Waals surface area contributed by atoms with Crippen LogP contribution in [0.2, 0.25) is 0 Å². The molecule has 2 heterocycles. The van der Waals surface area contributed by atoms with E-state index in [9.17, 15) is 8.42 Å². The molecule has 0 unspecified atom stereocenters. The van der Waals surface area contributed by atoms with Crippen LogP contribution in [0.1, 0.15) is 13.8 Å². The van der Waals surface area contributed by atoms with Gasteiger partial charge in [-0.3, -0.25) is 4.90 Å². The second-order valence-electron chi connectivity index (χ2n) is 7.95. The lowest BCUT2D eigenvalue weighted by Gasteiger charge is -2.34. The highest BCUT2D eigenvalue weighted by atomic mass is 32.2. The van der Waals surface area contributed by atoms with Gasteiger partial charge in [-0.15, -0.1) is 0 Å². The first-order valence-corrected chi connectivity index (χ1v) is 11.9.